The van der Waals surface area contributed by atoms with Gasteiger partial charge in [-0.1, -0.05) is 24.9 Å². The molecule has 0 atom stereocenters. The van der Waals surface area contributed by atoms with Crippen LogP contribution in [0.15, 0.2) is 48.5 Å². The van der Waals surface area contributed by atoms with E-state index in [-0.39, 0.29) is 24.3 Å². The number of unbranched alkanes of at least 4 members (excludes halogenated alkanes) is 1. The molecule has 160 valence electrons. The molecule has 0 saturated carbocycles. The highest BCUT2D eigenvalue weighted by molar-refractivity contribution is 6.30. The number of ketones is 1. The predicted octanol–water partition coefficient (Wildman–Crippen LogP) is 4.33. The van der Waals surface area contributed by atoms with Crippen molar-refractivity contribution in [1.29, 1.82) is 0 Å². The van der Waals surface area contributed by atoms with E-state index in [1.165, 1.54) is 12.8 Å². The van der Waals surface area contributed by atoms with Gasteiger partial charge in [-0.25, -0.2) is 0 Å². The van der Waals surface area contributed by atoms with Gasteiger partial charge in [-0.3, -0.25) is 9.59 Å². The van der Waals surface area contributed by atoms with Gasteiger partial charge in [0.25, 0.3) is 5.91 Å². The van der Waals surface area contributed by atoms with Crippen molar-refractivity contribution >= 4 is 23.3 Å². The third-order valence-electron chi connectivity index (χ3n) is 5.37. The van der Waals surface area contributed by atoms with Crippen LogP contribution in [0.1, 0.15) is 48.5 Å². The lowest BCUT2D eigenvalue weighted by Gasteiger charge is -2.32. The number of amides is 1. The molecule has 0 spiro atoms. The molecule has 0 aliphatic carbocycles. The van der Waals surface area contributed by atoms with Crippen molar-refractivity contribution < 1.29 is 14.3 Å². The van der Waals surface area contributed by atoms with Gasteiger partial charge < -0.3 is 15.0 Å². The molecule has 0 unspecified atom stereocenters. The molecule has 1 fully saturated rings. The third-order valence-corrected chi connectivity index (χ3v) is 5.63. The molecule has 1 N–H and O–H groups in total. The molecule has 3 rings (SSSR count). The summed E-state index contributed by atoms with van der Waals surface area (Å²) >= 11 is 5.87. The second kappa shape index (κ2) is 11.1. The average Bonchev–Trinajstić information content (AvgIpc) is 2.77. The van der Waals surface area contributed by atoms with E-state index >= 15 is 0 Å². The Kier molecular flexibility index (Phi) is 8.29. The largest absolute Gasteiger partial charge is 0.484 e. The van der Waals surface area contributed by atoms with Gasteiger partial charge in [0.05, 0.1) is 0 Å². The first-order chi connectivity index (χ1) is 14.5. The standard InChI is InChI=1S/C24H29ClN2O3/c1-2-3-14-27-15-12-21(13-16-27)26-23(28)17-30-22-10-6-19(7-11-22)24(29)18-4-8-20(25)9-5-18/h4-11,21H,2-3,12-17H2,1H3,(H,26,28). The number of halogens is 1. The minimum Gasteiger partial charge on any atom is -0.484 e. The second-order valence-corrected chi connectivity index (χ2v) is 8.12. The van der Waals surface area contributed by atoms with Crippen LogP contribution in [0.25, 0.3) is 0 Å². The number of carbonyl (C=O) groups is 2. The van der Waals surface area contributed by atoms with E-state index in [0.717, 1.165) is 32.5 Å². The van der Waals surface area contributed by atoms with E-state index in [2.05, 4.69) is 17.1 Å². The summed E-state index contributed by atoms with van der Waals surface area (Å²) < 4.78 is 5.59. The highest BCUT2D eigenvalue weighted by Gasteiger charge is 2.20. The molecule has 1 amide bonds. The number of piperidine rings is 1. The van der Waals surface area contributed by atoms with Crippen LogP contribution < -0.4 is 10.1 Å². The van der Waals surface area contributed by atoms with Gasteiger partial charge in [0.15, 0.2) is 12.4 Å². The summed E-state index contributed by atoms with van der Waals surface area (Å²) in [5, 5.41) is 3.66. The number of rotatable bonds is 9. The average molecular weight is 429 g/mol. The lowest BCUT2D eigenvalue weighted by molar-refractivity contribution is -0.124. The van der Waals surface area contributed by atoms with Crippen molar-refractivity contribution in [1.82, 2.24) is 10.2 Å². The summed E-state index contributed by atoms with van der Waals surface area (Å²) in [7, 11) is 0. The molecule has 0 aromatic heterocycles. The lowest BCUT2D eigenvalue weighted by atomic mass is 10.0. The van der Waals surface area contributed by atoms with E-state index in [0.29, 0.717) is 21.9 Å². The highest BCUT2D eigenvalue weighted by Crippen LogP contribution is 2.17. The smallest absolute Gasteiger partial charge is 0.258 e. The predicted molar refractivity (Wildman–Crippen MR) is 119 cm³/mol. The Hall–Kier alpha value is -2.37. The molecule has 0 radical (unpaired) electrons. The zero-order chi connectivity index (χ0) is 21.3. The SMILES string of the molecule is CCCCN1CCC(NC(=O)COc2ccc(C(=O)c3ccc(Cl)cc3)cc2)CC1. The van der Waals surface area contributed by atoms with Crippen LogP contribution >= 0.6 is 11.6 Å². The van der Waals surface area contributed by atoms with Crippen molar-refractivity contribution in [3.8, 4) is 5.75 Å². The Morgan fingerprint density at radius 3 is 2.23 bits per heavy atom. The quantitative estimate of drug-likeness (QED) is 0.604. The van der Waals surface area contributed by atoms with Gasteiger partial charge in [0.2, 0.25) is 0 Å². The molecule has 5 nitrogen and oxygen atoms in total. The molecule has 1 saturated heterocycles. The van der Waals surface area contributed by atoms with Crippen LogP contribution in [0.4, 0.5) is 0 Å². The lowest BCUT2D eigenvalue weighted by Crippen LogP contribution is -2.46. The van der Waals surface area contributed by atoms with Gasteiger partial charge in [-0.05, 0) is 74.3 Å². The van der Waals surface area contributed by atoms with Gasteiger partial charge in [0.1, 0.15) is 5.75 Å². The Balaban J connectivity index is 1.42. The number of nitrogens with zero attached hydrogens (tertiary/aromatic N) is 1. The summed E-state index contributed by atoms with van der Waals surface area (Å²) in [5.74, 6) is 0.372. The molecular weight excluding hydrogens is 400 g/mol. The second-order valence-electron chi connectivity index (χ2n) is 7.69. The van der Waals surface area contributed by atoms with E-state index < -0.39 is 0 Å². The molecule has 1 aliphatic heterocycles. The monoisotopic (exact) mass is 428 g/mol. The molecule has 2 aromatic rings. The van der Waals surface area contributed by atoms with E-state index in [1.807, 2.05) is 0 Å². The normalized spacial score (nSPS) is 15.0. The summed E-state index contributed by atoms with van der Waals surface area (Å²) in [6.45, 7) is 5.40. The van der Waals surface area contributed by atoms with Crippen LogP contribution in [0, 0.1) is 0 Å². The number of nitrogens with one attached hydrogen (secondary N) is 1. The van der Waals surface area contributed by atoms with E-state index in [9.17, 15) is 9.59 Å². The fourth-order valence-electron chi connectivity index (χ4n) is 3.57. The molecule has 0 bridgehead atoms. The topological polar surface area (TPSA) is 58.6 Å². The van der Waals surface area contributed by atoms with Gasteiger partial charge in [-0.2, -0.15) is 0 Å². The fraction of sp³-hybridized carbons (Fsp3) is 0.417. The zero-order valence-corrected chi connectivity index (χ0v) is 18.2. The number of ether oxygens (including phenoxy) is 1. The first-order valence-corrected chi connectivity index (χ1v) is 11.0. The molecule has 1 aliphatic rings. The Morgan fingerprint density at radius 2 is 1.63 bits per heavy atom. The summed E-state index contributed by atoms with van der Waals surface area (Å²) in [5.41, 5.74) is 1.14. The van der Waals surface area contributed by atoms with Crippen molar-refractivity contribution in [3.05, 3.63) is 64.7 Å². The zero-order valence-electron chi connectivity index (χ0n) is 17.4. The minimum atomic E-state index is -0.108. The molecular formula is C24H29ClN2O3. The number of benzene rings is 2. The number of hydrogen-bond acceptors (Lipinski definition) is 4. The van der Waals surface area contributed by atoms with Crippen LogP contribution in [0.5, 0.6) is 5.75 Å². The van der Waals surface area contributed by atoms with Gasteiger partial charge in [-0.15, -0.1) is 0 Å². The molecule has 30 heavy (non-hydrogen) atoms. The summed E-state index contributed by atoms with van der Waals surface area (Å²) in [6, 6.07) is 13.8. The number of hydrogen-bond donors (Lipinski definition) is 1. The van der Waals surface area contributed by atoms with Gasteiger partial charge in [0, 0.05) is 35.3 Å². The first kappa shape index (κ1) is 22.3. The number of carbonyl (C=O) groups excluding carboxylic acids is 2. The van der Waals surface area contributed by atoms with Crippen molar-refractivity contribution in [2.45, 2.75) is 38.6 Å². The van der Waals surface area contributed by atoms with Crippen LogP contribution in [0.2, 0.25) is 5.02 Å². The van der Waals surface area contributed by atoms with E-state index in [4.69, 9.17) is 16.3 Å². The fourth-order valence-corrected chi connectivity index (χ4v) is 3.70. The van der Waals surface area contributed by atoms with Crippen molar-refractivity contribution in [3.63, 3.8) is 0 Å². The highest BCUT2D eigenvalue weighted by atomic mass is 35.5. The summed E-state index contributed by atoms with van der Waals surface area (Å²) in [6.07, 6.45) is 4.41. The Bertz CT molecular complexity index is 829. The molecule has 6 heteroatoms. The Labute approximate surface area is 183 Å². The summed E-state index contributed by atoms with van der Waals surface area (Å²) in [4.78, 5) is 27.2. The molecule has 1 heterocycles. The maximum atomic E-state index is 12.5. The van der Waals surface area contributed by atoms with Crippen molar-refractivity contribution in [2.24, 2.45) is 0 Å². The third kappa shape index (κ3) is 6.57. The molecule has 2 aromatic carbocycles. The van der Waals surface area contributed by atoms with Crippen LogP contribution in [-0.2, 0) is 4.79 Å². The van der Waals surface area contributed by atoms with E-state index in [1.54, 1.807) is 48.5 Å². The van der Waals surface area contributed by atoms with Crippen LogP contribution in [-0.4, -0.2) is 48.9 Å². The number of likely N-dealkylation sites (tertiary alicyclic amines) is 1. The minimum absolute atomic E-state index is 0.0273. The van der Waals surface area contributed by atoms with Gasteiger partial charge >= 0.3 is 0 Å². The Morgan fingerprint density at radius 1 is 1.03 bits per heavy atom. The maximum absolute atomic E-state index is 12.5. The van der Waals surface area contributed by atoms with Crippen LogP contribution in [0.3, 0.4) is 0 Å². The van der Waals surface area contributed by atoms with Crippen molar-refractivity contribution in [2.75, 3.05) is 26.2 Å². The first-order valence-electron chi connectivity index (χ1n) is 10.6. The maximum Gasteiger partial charge on any atom is 0.258 e.